The van der Waals surface area contributed by atoms with Crippen LogP contribution in [0.2, 0.25) is 25.7 Å². The van der Waals surface area contributed by atoms with E-state index in [1.165, 1.54) is 25.7 Å². The highest BCUT2D eigenvalue weighted by Gasteiger charge is 2.13. The highest BCUT2D eigenvalue weighted by molar-refractivity contribution is 6.76. The maximum atomic E-state index is 2.46. The van der Waals surface area contributed by atoms with Crippen molar-refractivity contribution in [2.24, 2.45) is 0 Å². The van der Waals surface area contributed by atoms with E-state index in [0.717, 1.165) is 6.54 Å². The van der Waals surface area contributed by atoms with Crippen molar-refractivity contribution in [3.8, 4) is 0 Å². The van der Waals surface area contributed by atoms with Crippen LogP contribution in [0.25, 0.3) is 0 Å². The molecule has 14 heavy (non-hydrogen) atoms. The molecular weight excluding hydrogens is 188 g/mol. The largest absolute Gasteiger partial charge is 0.305 e. The van der Waals surface area contributed by atoms with E-state index in [2.05, 4.69) is 50.5 Å². The average Bonchev–Trinajstić information content (AvgIpc) is 2.09. The zero-order valence-electron chi connectivity index (χ0n) is 10.9. The van der Waals surface area contributed by atoms with Gasteiger partial charge in [-0.25, -0.2) is 0 Å². The summed E-state index contributed by atoms with van der Waals surface area (Å²) < 4.78 is 0. The lowest BCUT2D eigenvalue weighted by molar-refractivity contribution is 0.271. The Kier molecular flexibility index (Phi) is 6.65. The van der Waals surface area contributed by atoms with Crippen LogP contribution in [0.5, 0.6) is 0 Å². The smallest absolute Gasteiger partial charge is 0.0455 e. The summed E-state index contributed by atoms with van der Waals surface area (Å²) >= 11 is 0. The molecule has 2 nitrogen and oxygen atoms in total. The minimum atomic E-state index is -0.840. The standard InChI is InChI=1S/C11H28N2Si/c1-7-12(2)8-9-13(3)10-11-14(4,5)6/h7-11H2,1-6H3. The molecule has 0 aromatic rings. The topological polar surface area (TPSA) is 6.48 Å². The van der Waals surface area contributed by atoms with E-state index in [9.17, 15) is 0 Å². The zero-order valence-corrected chi connectivity index (χ0v) is 11.9. The van der Waals surface area contributed by atoms with Gasteiger partial charge in [0, 0.05) is 21.2 Å². The summed E-state index contributed by atoms with van der Waals surface area (Å²) in [5, 5.41) is 0. The van der Waals surface area contributed by atoms with Gasteiger partial charge in [0.05, 0.1) is 0 Å². The van der Waals surface area contributed by atoms with Crippen molar-refractivity contribution in [1.82, 2.24) is 9.80 Å². The Morgan fingerprint density at radius 1 is 0.857 bits per heavy atom. The van der Waals surface area contributed by atoms with Crippen molar-refractivity contribution in [1.29, 1.82) is 0 Å². The Morgan fingerprint density at radius 3 is 1.79 bits per heavy atom. The van der Waals surface area contributed by atoms with Crippen molar-refractivity contribution in [3.05, 3.63) is 0 Å². The first kappa shape index (κ1) is 14.1. The van der Waals surface area contributed by atoms with Crippen molar-refractivity contribution in [2.75, 3.05) is 40.3 Å². The summed E-state index contributed by atoms with van der Waals surface area (Å²) in [5.41, 5.74) is 0. The molecule has 0 aliphatic rings. The second-order valence-electron chi connectivity index (χ2n) is 5.51. The molecule has 0 aromatic carbocycles. The summed E-state index contributed by atoms with van der Waals surface area (Å²) in [4.78, 5) is 4.83. The second-order valence-corrected chi connectivity index (χ2v) is 11.1. The van der Waals surface area contributed by atoms with Crippen LogP contribution in [0.4, 0.5) is 0 Å². The van der Waals surface area contributed by atoms with Crippen LogP contribution < -0.4 is 0 Å². The quantitative estimate of drug-likeness (QED) is 0.602. The molecule has 0 bridgehead atoms. The van der Waals surface area contributed by atoms with E-state index in [-0.39, 0.29) is 0 Å². The van der Waals surface area contributed by atoms with Crippen molar-refractivity contribution in [3.63, 3.8) is 0 Å². The van der Waals surface area contributed by atoms with Gasteiger partial charge in [0.15, 0.2) is 0 Å². The van der Waals surface area contributed by atoms with Crippen LogP contribution in [-0.2, 0) is 0 Å². The van der Waals surface area contributed by atoms with Gasteiger partial charge in [-0.2, -0.15) is 0 Å². The Hall–Kier alpha value is 0.137. The maximum absolute atomic E-state index is 2.46. The summed E-state index contributed by atoms with van der Waals surface area (Å²) in [6.07, 6.45) is 0. The molecule has 0 N–H and O–H groups in total. The lowest BCUT2D eigenvalue weighted by Gasteiger charge is -2.24. The zero-order chi connectivity index (χ0) is 11.2. The molecule has 0 heterocycles. The minimum Gasteiger partial charge on any atom is -0.305 e. The van der Waals surface area contributed by atoms with E-state index in [4.69, 9.17) is 0 Å². The monoisotopic (exact) mass is 216 g/mol. The molecule has 0 spiro atoms. The molecule has 0 aliphatic carbocycles. The van der Waals surface area contributed by atoms with Gasteiger partial charge in [-0.3, -0.25) is 0 Å². The van der Waals surface area contributed by atoms with Crippen LogP contribution in [0.1, 0.15) is 6.92 Å². The van der Waals surface area contributed by atoms with Gasteiger partial charge in [0.1, 0.15) is 0 Å². The van der Waals surface area contributed by atoms with Crippen molar-refractivity contribution in [2.45, 2.75) is 32.6 Å². The molecule has 0 saturated heterocycles. The third-order valence-electron chi connectivity index (χ3n) is 2.65. The average molecular weight is 216 g/mol. The van der Waals surface area contributed by atoms with E-state index in [0.29, 0.717) is 0 Å². The van der Waals surface area contributed by atoms with Crippen LogP contribution >= 0.6 is 0 Å². The van der Waals surface area contributed by atoms with Crippen molar-refractivity contribution >= 4 is 8.07 Å². The van der Waals surface area contributed by atoms with E-state index in [1.54, 1.807) is 0 Å². The highest BCUT2D eigenvalue weighted by atomic mass is 28.3. The maximum Gasteiger partial charge on any atom is 0.0455 e. The van der Waals surface area contributed by atoms with Crippen LogP contribution in [-0.4, -0.2) is 58.1 Å². The number of rotatable bonds is 7. The second kappa shape index (κ2) is 6.59. The first-order valence-electron chi connectivity index (χ1n) is 5.72. The molecule has 86 valence electrons. The van der Waals surface area contributed by atoms with E-state index in [1.807, 2.05) is 0 Å². The number of likely N-dealkylation sites (N-methyl/N-ethyl adjacent to an activating group) is 2. The fraction of sp³-hybridized carbons (Fsp3) is 1.00. The fourth-order valence-electron chi connectivity index (χ4n) is 1.14. The third kappa shape index (κ3) is 8.72. The third-order valence-corrected chi connectivity index (χ3v) is 4.37. The number of hydrogen-bond acceptors (Lipinski definition) is 2. The predicted octanol–water partition coefficient (Wildman–Crippen LogP) is 2.21. The number of hydrogen-bond donors (Lipinski definition) is 0. The Bertz CT molecular complexity index is 143. The van der Waals surface area contributed by atoms with Gasteiger partial charge in [0.25, 0.3) is 0 Å². The fourth-order valence-corrected chi connectivity index (χ4v) is 2.19. The van der Waals surface area contributed by atoms with Gasteiger partial charge in [0.2, 0.25) is 0 Å². The van der Waals surface area contributed by atoms with Gasteiger partial charge in [-0.1, -0.05) is 26.6 Å². The van der Waals surface area contributed by atoms with Crippen LogP contribution in [0.15, 0.2) is 0 Å². The highest BCUT2D eigenvalue weighted by Crippen LogP contribution is 2.08. The van der Waals surface area contributed by atoms with Gasteiger partial charge in [-0.15, -0.1) is 0 Å². The molecule has 0 unspecified atom stereocenters. The molecule has 0 fully saturated rings. The molecule has 0 radical (unpaired) electrons. The molecule has 0 atom stereocenters. The normalized spacial score (nSPS) is 12.9. The molecule has 3 heteroatoms. The van der Waals surface area contributed by atoms with Crippen LogP contribution in [0, 0.1) is 0 Å². The summed E-state index contributed by atoms with van der Waals surface area (Å²) in [5.74, 6) is 0. The Morgan fingerprint density at radius 2 is 1.36 bits per heavy atom. The lowest BCUT2D eigenvalue weighted by Crippen LogP contribution is -2.34. The molecular formula is C11H28N2Si. The lowest BCUT2D eigenvalue weighted by atomic mass is 10.5. The van der Waals surface area contributed by atoms with Gasteiger partial charge >= 0.3 is 0 Å². The summed E-state index contributed by atoms with van der Waals surface area (Å²) in [6, 6.07) is 1.42. The van der Waals surface area contributed by atoms with Gasteiger partial charge < -0.3 is 9.80 Å². The van der Waals surface area contributed by atoms with E-state index < -0.39 is 8.07 Å². The summed E-state index contributed by atoms with van der Waals surface area (Å²) in [6.45, 7) is 14.4. The molecule has 0 aromatic heterocycles. The van der Waals surface area contributed by atoms with Crippen LogP contribution in [0.3, 0.4) is 0 Å². The molecule has 0 rings (SSSR count). The van der Waals surface area contributed by atoms with Gasteiger partial charge in [-0.05, 0) is 33.2 Å². The SMILES string of the molecule is CCN(C)CCN(C)CC[Si](C)(C)C. The first-order chi connectivity index (χ1) is 6.35. The van der Waals surface area contributed by atoms with E-state index >= 15 is 0 Å². The first-order valence-corrected chi connectivity index (χ1v) is 9.43. The number of nitrogens with zero attached hydrogens (tertiary/aromatic N) is 2. The van der Waals surface area contributed by atoms with Crippen molar-refractivity contribution < 1.29 is 0 Å². The predicted molar refractivity (Wildman–Crippen MR) is 68.8 cm³/mol. The Balaban J connectivity index is 3.51. The molecule has 0 saturated carbocycles. The Labute approximate surface area is 91.3 Å². The minimum absolute atomic E-state index is 0.840. The molecule has 0 amide bonds. The molecule has 0 aliphatic heterocycles. The summed E-state index contributed by atoms with van der Waals surface area (Å²) in [7, 11) is 3.59.